The van der Waals surface area contributed by atoms with Gasteiger partial charge in [-0.25, -0.2) is 9.80 Å². The van der Waals surface area contributed by atoms with Crippen molar-refractivity contribution in [2.24, 2.45) is 5.73 Å². The number of piperidine rings is 1. The maximum absolute atomic E-state index is 12.0. The molecule has 0 aromatic heterocycles. The predicted molar refractivity (Wildman–Crippen MR) is 81.1 cm³/mol. The van der Waals surface area contributed by atoms with Gasteiger partial charge in [0.2, 0.25) is 0 Å². The van der Waals surface area contributed by atoms with Gasteiger partial charge >= 0.3 is 6.03 Å². The van der Waals surface area contributed by atoms with E-state index in [4.69, 9.17) is 5.73 Å². The van der Waals surface area contributed by atoms with Crippen LogP contribution in [0.3, 0.4) is 0 Å². The first kappa shape index (κ1) is 14.8. The Morgan fingerprint density at radius 2 is 1.85 bits per heavy atom. The van der Waals surface area contributed by atoms with Crippen LogP contribution in [0.2, 0.25) is 0 Å². The lowest BCUT2D eigenvalue weighted by molar-refractivity contribution is 0.0625. The van der Waals surface area contributed by atoms with Crippen LogP contribution in [0, 0.1) is 0 Å². The molecule has 20 heavy (non-hydrogen) atoms. The van der Waals surface area contributed by atoms with Crippen LogP contribution in [0.5, 0.6) is 0 Å². The number of amides is 2. The van der Waals surface area contributed by atoms with Crippen LogP contribution < -0.4 is 16.5 Å². The number of carbonyl (C=O) groups is 1. The minimum Gasteiger partial charge on any atom is -0.326 e. The monoisotopic (exact) mass is 276 g/mol. The molecule has 1 fully saturated rings. The lowest BCUT2D eigenvalue weighted by atomic mass is 10.00. The second kappa shape index (κ2) is 6.72. The number of anilines is 1. The van der Waals surface area contributed by atoms with Gasteiger partial charge in [-0.15, -0.1) is 0 Å². The van der Waals surface area contributed by atoms with Crippen molar-refractivity contribution in [3.63, 3.8) is 0 Å². The molecule has 0 aliphatic carbocycles. The highest BCUT2D eigenvalue weighted by atomic mass is 16.2. The standard InChI is InChI=1S/C15H24N4O/c1-11-4-3-5-12(2)19(11)18-15(20)17-14-8-6-13(10-16)7-9-14/h6-9,11-12H,3-5,10,16H2,1-2H3,(H2,17,18,20). The van der Waals surface area contributed by atoms with E-state index in [1.165, 1.54) is 6.42 Å². The first-order valence-corrected chi connectivity index (χ1v) is 7.25. The Labute approximate surface area is 120 Å². The second-order valence-corrected chi connectivity index (χ2v) is 5.50. The number of carbonyl (C=O) groups excluding carboxylic acids is 1. The van der Waals surface area contributed by atoms with Crippen LogP contribution in [0.1, 0.15) is 38.7 Å². The summed E-state index contributed by atoms with van der Waals surface area (Å²) in [4.78, 5) is 12.0. The zero-order valence-corrected chi connectivity index (χ0v) is 12.2. The van der Waals surface area contributed by atoms with E-state index >= 15 is 0 Å². The molecule has 2 unspecified atom stereocenters. The summed E-state index contributed by atoms with van der Waals surface area (Å²) in [5.41, 5.74) is 10.3. The maximum Gasteiger partial charge on any atom is 0.333 e. The summed E-state index contributed by atoms with van der Waals surface area (Å²) in [5, 5.41) is 4.90. The van der Waals surface area contributed by atoms with Gasteiger partial charge in [-0.1, -0.05) is 18.6 Å². The van der Waals surface area contributed by atoms with Crippen molar-refractivity contribution < 1.29 is 4.79 Å². The number of benzene rings is 1. The molecule has 1 aliphatic rings. The Balaban J connectivity index is 1.90. The Hall–Kier alpha value is -1.59. The highest BCUT2D eigenvalue weighted by Gasteiger charge is 2.25. The van der Waals surface area contributed by atoms with Crippen molar-refractivity contribution in [1.82, 2.24) is 10.4 Å². The lowest BCUT2D eigenvalue weighted by Crippen LogP contribution is -2.55. The van der Waals surface area contributed by atoms with E-state index in [2.05, 4.69) is 24.6 Å². The normalized spacial score (nSPS) is 23.4. The summed E-state index contributed by atoms with van der Waals surface area (Å²) >= 11 is 0. The molecular weight excluding hydrogens is 252 g/mol. The third-order valence-corrected chi connectivity index (χ3v) is 3.87. The third kappa shape index (κ3) is 3.71. The molecule has 2 atom stereocenters. The Bertz CT molecular complexity index is 436. The van der Waals surface area contributed by atoms with E-state index in [-0.39, 0.29) is 6.03 Å². The number of hydrogen-bond acceptors (Lipinski definition) is 3. The van der Waals surface area contributed by atoms with Gasteiger partial charge in [0.25, 0.3) is 0 Å². The minimum absolute atomic E-state index is 0.189. The van der Waals surface area contributed by atoms with E-state index in [0.717, 1.165) is 24.1 Å². The summed E-state index contributed by atoms with van der Waals surface area (Å²) in [5.74, 6) is 0. The van der Waals surface area contributed by atoms with Gasteiger partial charge in [0.15, 0.2) is 0 Å². The van der Waals surface area contributed by atoms with E-state index in [1.54, 1.807) is 0 Å². The second-order valence-electron chi connectivity index (χ2n) is 5.50. The van der Waals surface area contributed by atoms with Crippen molar-refractivity contribution >= 4 is 11.7 Å². The van der Waals surface area contributed by atoms with Gasteiger partial charge in [-0.3, -0.25) is 5.43 Å². The lowest BCUT2D eigenvalue weighted by Gasteiger charge is -2.38. The number of urea groups is 1. The van der Waals surface area contributed by atoms with E-state index in [0.29, 0.717) is 18.6 Å². The Morgan fingerprint density at radius 1 is 1.25 bits per heavy atom. The van der Waals surface area contributed by atoms with Crippen molar-refractivity contribution in [2.75, 3.05) is 5.32 Å². The van der Waals surface area contributed by atoms with Gasteiger partial charge in [-0.2, -0.15) is 0 Å². The summed E-state index contributed by atoms with van der Waals surface area (Å²) in [6.07, 6.45) is 3.47. The first-order chi connectivity index (χ1) is 9.60. The molecule has 1 aromatic rings. The smallest absolute Gasteiger partial charge is 0.326 e. The van der Waals surface area contributed by atoms with Crippen molar-refractivity contribution in [1.29, 1.82) is 0 Å². The summed E-state index contributed by atoms with van der Waals surface area (Å²) in [7, 11) is 0. The molecule has 1 heterocycles. The van der Waals surface area contributed by atoms with Crippen LogP contribution in [0.4, 0.5) is 10.5 Å². The molecule has 0 radical (unpaired) electrons. The molecule has 0 spiro atoms. The van der Waals surface area contributed by atoms with Gasteiger partial charge in [0, 0.05) is 24.3 Å². The van der Waals surface area contributed by atoms with E-state index in [1.807, 2.05) is 29.3 Å². The summed E-state index contributed by atoms with van der Waals surface area (Å²) < 4.78 is 0. The molecule has 2 amide bonds. The van der Waals surface area contributed by atoms with Crippen molar-refractivity contribution in [3.05, 3.63) is 29.8 Å². The molecule has 1 aromatic carbocycles. The number of nitrogens with zero attached hydrogens (tertiary/aromatic N) is 1. The molecule has 110 valence electrons. The molecule has 1 aliphatic heterocycles. The van der Waals surface area contributed by atoms with Gasteiger partial charge in [0.05, 0.1) is 0 Å². The van der Waals surface area contributed by atoms with Gasteiger partial charge in [0.1, 0.15) is 0 Å². The molecule has 4 N–H and O–H groups in total. The quantitative estimate of drug-likeness (QED) is 0.794. The highest BCUT2D eigenvalue weighted by Crippen LogP contribution is 2.20. The van der Waals surface area contributed by atoms with Crippen LogP contribution in [0.15, 0.2) is 24.3 Å². The fourth-order valence-electron chi connectivity index (χ4n) is 2.64. The first-order valence-electron chi connectivity index (χ1n) is 7.25. The van der Waals surface area contributed by atoms with Crippen LogP contribution in [-0.2, 0) is 6.54 Å². The molecular formula is C15H24N4O. The fourth-order valence-corrected chi connectivity index (χ4v) is 2.64. The van der Waals surface area contributed by atoms with E-state index in [9.17, 15) is 4.79 Å². The average molecular weight is 276 g/mol. The summed E-state index contributed by atoms with van der Waals surface area (Å²) in [6, 6.07) is 8.14. The zero-order valence-electron chi connectivity index (χ0n) is 12.2. The average Bonchev–Trinajstić information content (AvgIpc) is 2.44. The number of rotatable bonds is 3. The van der Waals surface area contributed by atoms with Crippen LogP contribution >= 0.6 is 0 Å². The molecule has 5 heteroatoms. The fraction of sp³-hybridized carbons (Fsp3) is 0.533. The number of hydrogen-bond donors (Lipinski definition) is 3. The maximum atomic E-state index is 12.0. The molecule has 2 rings (SSSR count). The Morgan fingerprint density at radius 3 is 2.40 bits per heavy atom. The zero-order chi connectivity index (χ0) is 14.5. The third-order valence-electron chi connectivity index (χ3n) is 3.87. The number of nitrogens with one attached hydrogen (secondary N) is 2. The topological polar surface area (TPSA) is 70.4 Å². The molecule has 5 nitrogen and oxygen atoms in total. The Kier molecular flexibility index (Phi) is 4.98. The molecule has 0 bridgehead atoms. The molecule has 1 saturated heterocycles. The van der Waals surface area contributed by atoms with Crippen molar-refractivity contribution in [2.45, 2.75) is 51.7 Å². The van der Waals surface area contributed by atoms with Gasteiger partial charge < -0.3 is 11.1 Å². The van der Waals surface area contributed by atoms with Crippen molar-refractivity contribution in [3.8, 4) is 0 Å². The SMILES string of the molecule is CC1CCCC(C)N1NC(=O)Nc1ccc(CN)cc1. The van der Waals surface area contributed by atoms with Crippen LogP contribution in [-0.4, -0.2) is 23.1 Å². The number of hydrazine groups is 1. The van der Waals surface area contributed by atoms with Gasteiger partial charge in [-0.05, 0) is 44.4 Å². The van der Waals surface area contributed by atoms with Crippen LogP contribution in [0.25, 0.3) is 0 Å². The minimum atomic E-state index is -0.189. The predicted octanol–water partition coefficient (Wildman–Crippen LogP) is 2.44. The van der Waals surface area contributed by atoms with E-state index < -0.39 is 0 Å². The highest BCUT2D eigenvalue weighted by molar-refractivity contribution is 5.88. The summed E-state index contributed by atoms with van der Waals surface area (Å²) in [6.45, 7) is 4.80. The largest absolute Gasteiger partial charge is 0.333 e. The number of nitrogens with two attached hydrogens (primary N) is 1. The molecule has 0 saturated carbocycles.